The molecule has 2 N–H and O–H groups in total. The number of H-pyrrole nitrogens is 1. The first kappa shape index (κ1) is 14.7. The Kier molecular flexibility index (Phi) is 4.20. The predicted molar refractivity (Wildman–Crippen MR) is 81.5 cm³/mol. The summed E-state index contributed by atoms with van der Waals surface area (Å²) < 4.78 is 13.4. The molecule has 1 saturated heterocycles. The molecule has 1 aromatic carbocycles. The average Bonchev–Trinajstić information content (AvgIpc) is 2.90. The molecule has 0 bridgehead atoms. The van der Waals surface area contributed by atoms with Gasteiger partial charge in [-0.3, -0.25) is 14.8 Å². The van der Waals surface area contributed by atoms with Crippen LogP contribution in [0.4, 0.5) is 4.39 Å². The third-order valence-corrected chi connectivity index (χ3v) is 4.05. The van der Waals surface area contributed by atoms with Gasteiger partial charge in [-0.1, -0.05) is 12.1 Å². The number of hydrogen-bond donors (Lipinski definition) is 2. The lowest BCUT2D eigenvalue weighted by Gasteiger charge is -2.26. The lowest BCUT2D eigenvalue weighted by atomic mass is 10.1. The largest absolute Gasteiger partial charge is 0.355 e. The Hall–Kier alpha value is -2.21. The van der Waals surface area contributed by atoms with Gasteiger partial charge in [-0.25, -0.2) is 4.39 Å². The standard InChI is InChI=1S/C16H19FN4O/c1-11-8-18-15(22)5-6-21(11)10-13-9-19-20-16(13)12-3-2-4-14(17)7-12/h2-4,7,9,11H,5-6,8,10H2,1H3,(H,18,22)(H,19,20)/t11-/m1/s1. The van der Waals surface area contributed by atoms with Crippen molar-refractivity contribution in [3.8, 4) is 11.3 Å². The van der Waals surface area contributed by atoms with Crippen molar-refractivity contribution in [3.05, 3.63) is 41.8 Å². The maximum Gasteiger partial charge on any atom is 0.221 e. The quantitative estimate of drug-likeness (QED) is 0.910. The Balaban J connectivity index is 1.81. The number of hydrogen-bond acceptors (Lipinski definition) is 3. The summed E-state index contributed by atoms with van der Waals surface area (Å²) in [5.74, 6) is -0.178. The predicted octanol–water partition coefficient (Wildman–Crippen LogP) is 1.93. The number of carbonyl (C=O) groups excluding carboxylic acids is 1. The zero-order valence-electron chi connectivity index (χ0n) is 12.5. The number of nitrogens with one attached hydrogen (secondary N) is 2. The van der Waals surface area contributed by atoms with E-state index >= 15 is 0 Å². The molecule has 1 aromatic heterocycles. The molecule has 0 radical (unpaired) electrons. The monoisotopic (exact) mass is 302 g/mol. The minimum atomic E-state index is -0.268. The number of aromatic nitrogens is 2. The first-order chi connectivity index (χ1) is 10.6. The van der Waals surface area contributed by atoms with Crippen molar-refractivity contribution >= 4 is 5.91 Å². The molecular formula is C16H19FN4O. The fourth-order valence-electron chi connectivity index (χ4n) is 2.72. The molecule has 1 fully saturated rings. The van der Waals surface area contributed by atoms with E-state index < -0.39 is 0 Å². The van der Waals surface area contributed by atoms with E-state index in [1.54, 1.807) is 12.3 Å². The van der Waals surface area contributed by atoms with E-state index in [1.807, 2.05) is 6.07 Å². The molecule has 0 aliphatic carbocycles. The molecule has 2 heterocycles. The SMILES string of the molecule is C[C@@H]1CNC(=O)CCN1Cc1cn[nH]c1-c1cccc(F)c1. The highest BCUT2D eigenvalue weighted by molar-refractivity contribution is 5.76. The molecule has 0 unspecified atom stereocenters. The van der Waals surface area contributed by atoms with Crippen molar-refractivity contribution in [1.82, 2.24) is 20.4 Å². The Labute approximate surface area is 128 Å². The van der Waals surface area contributed by atoms with Crippen LogP contribution >= 0.6 is 0 Å². The van der Waals surface area contributed by atoms with Gasteiger partial charge < -0.3 is 5.32 Å². The summed E-state index contributed by atoms with van der Waals surface area (Å²) in [7, 11) is 0. The van der Waals surface area contributed by atoms with Crippen molar-refractivity contribution in [2.75, 3.05) is 13.1 Å². The molecule has 2 aromatic rings. The molecule has 116 valence electrons. The lowest BCUT2D eigenvalue weighted by Crippen LogP contribution is -2.37. The van der Waals surface area contributed by atoms with Crippen molar-refractivity contribution in [2.24, 2.45) is 0 Å². The molecular weight excluding hydrogens is 283 g/mol. The molecule has 0 saturated carbocycles. The number of rotatable bonds is 3. The zero-order valence-corrected chi connectivity index (χ0v) is 12.5. The highest BCUT2D eigenvalue weighted by Crippen LogP contribution is 2.23. The first-order valence-corrected chi connectivity index (χ1v) is 7.42. The van der Waals surface area contributed by atoms with E-state index in [9.17, 15) is 9.18 Å². The topological polar surface area (TPSA) is 61.0 Å². The summed E-state index contributed by atoms with van der Waals surface area (Å²) in [5.41, 5.74) is 2.62. The van der Waals surface area contributed by atoms with Crippen LogP contribution in [-0.4, -0.2) is 40.1 Å². The van der Waals surface area contributed by atoms with E-state index in [-0.39, 0.29) is 17.8 Å². The van der Waals surface area contributed by atoms with Crippen LogP contribution in [0, 0.1) is 5.82 Å². The fourth-order valence-corrected chi connectivity index (χ4v) is 2.72. The van der Waals surface area contributed by atoms with E-state index in [0.29, 0.717) is 26.1 Å². The highest BCUT2D eigenvalue weighted by atomic mass is 19.1. The fraction of sp³-hybridized carbons (Fsp3) is 0.375. The van der Waals surface area contributed by atoms with Gasteiger partial charge in [0.2, 0.25) is 5.91 Å². The van der Waals surface area contributed by atoms with E-state index in [2.05, 4.69) is 27.3 Å². The summed E-state index contributed by atoms with van der Waals surface area (Å²) in [4.78, 5) is 13.7. The molecule has 0 spiro atoms. The Morgan fingerprint density at radius 1 is 1.45 bits per heavy atom. The Bertz CT molecular complexity index is 670. The number of aromatic amines is 1. The van der Waals surface area contributed by atoms with Crippen LogP contribution in [0.5, 0.6) is 0 Å². The van der Waals surface area contributed by atoms with Gasteiger partial charge in [-0.15, -0.1) is 0 Å². The van der Waals surface area contributed by atoms with Gasteiger partial charge in [0.1, 0.15) is 5.82 Å². The second-order valence-corrected chi connectivity index (χ2v) is 5.65. The molecule has 1 atom stereocenters. The van der Waals surface area contributed by atoms with Gasteiger partial charge in [-0.05, 0) is 19.1 Å². The summed E-state index contributed by atoms with van der Waals surface area (Å²) in [6, 6.07) is 6.71. The van der Waals surface area contributed by atoms with Crippen LogP contribution in [0.15, 0.2) is 30.5 Å². The molecule has 3 rings (SSSR count). The number of amides is 1. The second kappa shape index (κ2) is 6.27. The molecule has 5 nitrogen and oxygen atoms in total. The van der Waals surface area contributed by atoms with E-state index in [4.69, 9.17) is 0 Å². The number of benzene rings is 1. The molecule has 1 aliphatic rings. The van der Waals surface area contributed by atoms with Crippen molar-refractivity contribution < 1.29 is 9.18 Å². The van der Waals surface area contributed by atoms with Gasteiger partial charge in [-0.2, -0.15) is 5.10 Å². The third kappa shape index (κ3) is 3.17. The minimum Gasteiger partial charge on any atom is -0.355 e. The molecule has 6 heteroatoms. The smallest absolute Gasteiger partial charge is 0.221 e. The van der Waals surface area contributed by atoms with Crippen molar-refractivity contribution in [1.29, 1.82) is 0 Å². The average molecular weight is 302 g/mol. The summed E-state index contributed by atoms with van der Waals surface area (Å²) in [6.45, 7) is 4.12. The minimum absolute atomic E-state index is 0.0897. The van der Waals surface area contributed by atoms with Gasteiger partial charge in [0.05, 0.1) is 11.9 Å². The van der Waals surface area contributed by atoms with Crippen LogP contribution in [-0.2, 0) is 11.3 Å². The first-order valence-electron chi connectivity index (χ1n) is 7.42. The summed E-state index contributed by atoms with van der Waals surface area (Å²) in [6.07, 6.45) is 2.27. The molecule has 1 aliphatic heterocycles. The van der Waals surface area contributed by atoms with Crippen molar-refractivity contribution in [2.45, 2.75) is 25.9 Å². The van der Waals surface area contributed by atoms with Crippen molar-refractivity contribution in [3.63, 3.8) is 0 Å². The van der Waals surface area contributed by atoms with Gasteiger partial charge in [0, 0.05) is 43.2 Å². The van der Waals surface area contributed by atoms with Crippen LogP contribution < -0.4 is 5.32 Å². The van der Waals surface area contributed by atoms with Crippen LogP contribution in [0.2, 0.25) is 0 Å². The van der Waals surface area contributed by atoms with E-state index in [0.717, 1.165) is 16.8 Å². The molecule has 22 heavy (non-hydrogen) atoms. The van der Waals surface area contributed by atoms with Crippen LogP contribution in [0.1, 0.15) is 18.9 Å². The second-order valence-electron chi connectivity index (χ2n) is 5.65. The third-order valence-electron chi connectivity index (χ3n) is 4.05. The summed E-state index contributed by atoms with van der Waals surface area (Å²) in [5, 5.41) is 9.96. The molecule has 1 amide bonds. The number of nitrogens with zero attached hydrogens (tertiary/aromatic N) is 2. The van der Waals surface area contributed by atoms with E-state index in [1.165, 1.54) is 12.1 Å². The number of halogens is 1. The van der Waals surface area contributed by atoms with Gasteiger partial charge >= 0.3 is 0 Å². The van der Waals surface area contributed by atoms with Gasteiger partial charge in [0.25, 0.3) is 0 Å². The highest BCUT2D eigenvalue weighted by Gasteiger charge is 2.21. The Morgan fingerprint density at radius 2 is 2.32 bits per heavy atom. The normalized spacial score (nSPS) is 19.7. The maximum atomic E-state index is 13.4. The lowest BCUT2D eigenvalue weighted by molar-refractivity contribution is -0.120. The number of carbonyl (C=O) groups is 1. The van der Waals surface area contributed by atoms with Gasteiger partial charge in [0.15, 0.2) is 0 Å². The maximum absolute atomic E-state index is 13.4. The summed E-state index contributed by atoms with van der Waals surface area (Å²) >= 11 is 0. The van der Waals surface area contributed by atoms with Crippen LogP contribution in [0.3, 0.4) is 0 Å². The van der Waals surface area contributed by atoms with Crippen LogP contribution in [0.25, 0.3) is 11.3 Å². The zero-order chi connectivity index (χ0) is 15.5. The Morgan fingerprint density at radius 3 is 3.14 bits per heavy atom.